The normalized spacial score (nSPS) is 14.5. The number of rotatable bonds is 17. The second kappa shape index (κ2) is 16.9. The van der Waals surface area contributed by atoms with Gasteiger partial charge in [-0.15, -0.1) is 0 Å². The Morgan fingerprint density at radius 1 is 0.812 bits per heavy atom. The molecule has 0 aliphatic heterocycles. The number of nitrogens with one attached hydrogen (secondary N) is 3. The van der Waals surface area contributed by atoms with E-state index in [1.165, 1.54) is 23.5 Å². The van der Waals surface area contributed by atoms with Gasteiger partial charge in [0, 0.05) is 12.2 Å². The molecule has 7 N–H and O–H groups in total. The lowest BCUT2D eigenvalue weighted by atomic mass is 10.1. The molecule has 0 aromatic heterocycles. The van der Waals surface area contributed by atoms with Crippen LogP contribution in [-0.4, -0.2) is 93.8 Å². The monoisotopic (exact) mass is 512 g/mol. The van der Waals surface area contributed by atoms with Gasteiger partial charge in [0.05, 0.1) is 6.04 Å². The van der Waals surface area contributed by atoms with Crippen LogP contribution in [0.1, 0.15) is 25.7 Å². The van der Waals surface area contributed by atoms with Gasteiger partial charge in [-0.1, -0.05) is 0 Å². The third-order valence-electron chi connectivity index (χ3n) is 4.29. The summed E-state index contributed by atoms with van der Waals surface area (Å²) in [7, 11) is 0. The van der Waals surface area contributed by atoms with Gasteiger partial charge < -0.3 is 31.9 Å². The Morgan fingerprint density at radius 2 is 1.28 bits per heavy atom. The Hall–Kier alpha value is -1.64. The topological polar surface area (TPSA) is 188 Å². The zero-order chi connectivity index (χ0) is 24.7. The van der Waals surface area contributed by atoms with Crippen LogP contribution < -0.4 is 21.7 Å². The average Bonchev–Trinajstić information content (AvgIpc) is 2.74. The number of hydrogen-bond acceptors (Lipinski definition) is 9. The maximum Gasteiger partial charge on any atom is 0.326 e. The SMILES string of the molecule is CSCCC(NC(=O)C(CS)NC(=O)C(CCSC)NC(=O)C(N)CCC(=O)O)C(=O)O. The molecule has 0 saturated heterocycles. The minimum Gasteiger partial charge on any atom is -0.481 e. The number of amides is 3. The minimum atomic E-state index is -1.18. The molecule has 0 bridgehead atoms. The predicted octanol–water partition coefficient (Wildman–Crippen LogP) is -0.846. The van der Waals surface area contributed by atoms with Crippen molar-refractivity contribution in [2.24, 2.45) is 5.73 Å². The Morgan fingerprint density at radius 3 is 1.75 bits per heavy atom. The molecule has 4 unspecified atom stereocenters. The van der Waals surface area contributed by atoms with Crippen LogP contribution in [0, 0.1) is 0 Å². The van der Waals surface area contributed by atoms with Gasteiger partial charge in [0.25, 0.3) is 0 Å². The Kier molecular flexibility index (Phi) is 16.1. The third-order valence-corrected chi connectivity index (χ3v) is 5.94. The molecule has 0 heterocycles. The van der Waals surface area contributed by atoms with Crippen molar-refractivity contribution in [3.8, 4) is 0 Å². The molecule has 11 nitrogen and oxygen atoms in total. The summed E-state index contributed by atoms with van der Waals surface area (Å²) in [6.45, 7) is 0. The Balaban J connectivity index is 5.13. The van der Waals surface area contributed by atoms with Crippen molar-refractivity contribution in [3.05, 3.63) is 0 Å². The van der Waals surface area contributed by atoms with Gasteiger partial charge in [-0.2, -0.15) is 36.2 Å². The van der Waals surface area contributed by atoms with Crippen molar-refractivity contribution in [2.75, 3.05) is 29.8 Å². The van der Waals surface area contributed by atoms with E-state index in [0.29, 0.717) is 11.5 Å². The van der Waals surface area contributed by atoms with Crippen LogP contribution in [0.25, 0.3) is 0 Å². The average molecular weight is 513 g/mol. The lowest BCUT2D eigenvalue weighted by Crippen LogP contribution is -2.57. The van der Waals surface area contributed by atoms with Crippen molar-refractivity contribution >= 4 is 65.8 Å². The first kappa shape index (κ1) is 30.4. The molecule has 0 spiro atoms. The summed E-state index contributed by atoms with van der Waals surface area (Å²) in [5.74, 6) is -3.34. The van der Waals surface area contributed by atoms with E-state index in [4.69, 9.17) is 10.8 Å². The Bertz CT molecular complexity index is 654. The largest absolute Gasteiger partial charge is 0.481 e. The van der Waals surface area contributed by atoms with Crippen LogP contribution in [0.2, 0.25) is 0 Å². The van der Waals surface area contributed by atoms with Gasteiger partial charge in [0.15, 0.2) is 0 Å². The second-order valence-electron chi connectivity index (χ2n) is 6.81. The van der Waals surface area contributed by atoms with Gasteiger partial charge in [0.1, 0.15) is 18.1 Å². The molecule has 0 aromatic carbocycles. The number of thiol groups is 1. The summed E-state index contributed by atoms with van der Waals surface area (Å²) < 4.78 is 0. The molecule has 3 amide bonds. The van der Waals surface area contributed by atoms with Crippen molar-refractivity contribution < 1.29 is 34.2 Å². The van der Waals surface area contributed by atoms with Crippen LogP contribution >= 0.6 is 36.2 Å². The highest BCUT2D eigenvalue weighted by atomic mass is 32.2. The van der Waals surface area contributed by atoms with Gasteiger partial charge in [-0.05, 0) is 43.3 Å². The number of hydrogen-bond donors (Lipinski definition) is 7. The van der Waals surface area contributed by atoms with Crippen LogP contribution in [0.5, 0.6) is 0 Å². The summed E-state index contributed by atoms with van der Waals surface area (Å²) >= 11 is 6.95. The zero-order valence-electron chi connectivity index (χ0n) is 18.0. The van der Waals surface area contributed by atoms with Crippen molar-refractivity contribution in [3.63, 3.8) is 0 Å². The quantitative estimate of drug-likeness (QED) is 0.121. The first-order chi connectivity index (χ1) is 15.1. The number of thioether (sulfide) groups is 2. The summed E-state index contributed by atoms with van der Waals surface area (Å²) in [4.78, 5) is 59.5. The smallest absolute Gasteiger partial charge is 0.326 e. The molecule has 0 aliphatic rings. The molecule has 14 heteroatoms. The third kappa shape index (κ3) is 12.4. The number of carbonyl (C=O) groups excluding carboxylic acids is 3. The fourth-order valence-corrected chi connectivity index (χ4v) is 3.63. The van der Waals surface area contributed by atoms with Crippen LogP contribution in [-0.2, 0) is 24.0 Å². The van der Waals surface area contributed by atoms with E-state index in [9.17, 15) is 29.1 Å². The molecule has 32 heavy (non-hydrogen) atoms. The molecule has 0 aliphatic carbocycles. The molecular weight excluding hydrogens is 480 g/mol. The molecule has 0 aromatic rings. The van der Waals surface area contributed by atoms with E-state index in [1.807, 2.05) is 12.5 Å². The maximum absolute atomic E-state index is 12.7. The van der Waals surface area contributed by atoms with Crippen LogP contribution in [0.3, 0.4) is 0 Å². The number of nitrogens with two attached hydrogens (primary N) is 1. The van der Waals surface area contributed by atoms with Crippen molar-refractivity contribution in [1.29, 1.82) is 0 Å². The second-order valence-corrected chi connectivity index (χ2v) is 9.14. The number of carboxylic acids is 2. The predicted molar refractivity (Wildman–Crippen MR) is 128 cm³/mol. The van der Waals surface area contributed by atoms with E-state index in [0.717, 1.165) is 0 Å². The number of aliphatic carboxylic acids is 2. The molecule has 0 fully saturated rings. The first-order valence-corrected chi connectivity index (χ1v) is 13.2. The van der Waals surface area contributed by atoms with Crippen molar-refractivity contribution in [2.45, 2.75) is 49.9 Å². The fourth-order valence-electron chi connectivity index (χ4n) is 2.43. The summed E-state index contributed by atoms with van der Waals surface area (Å²) in [6, 6.07) is -4.33. The molecule has 184 valence electrons. The minimum absolute atomic E-state index is 0.0895. The maximum atomic E-state index is 12.7. The summed E-state index contributed by atoms with van der Waals surface area (Å²) in [6.07, 6.45) is 3.71. The van der Waals surface area contributed by atoms with Crippen LogP contribution in [0.15, 0.2) is 0 Å². The Labute approximate surface area is 201 Å². The molecule has 4 atom stereocenters. The van der Waals surface area contributed by atoms with Gasteiger partial charge in [-0.25, -0.2) is 4.79 Å². The summed E-state index contributed by atoms with van der Waals surface area (Å²) in [5.41, 5.74) is 5.70. The van der Waals surface area contributed by atoms with Gasteiger partial charge >= 0.3 is 11.9 Å². The highest BCUT2D eigenvalue weighted by Gasteiger charge is 2.29. The molecular formula is C18H32N4O7S3. The molecule has 0 saturated carbocycles. The van der Waals surface area contributed by atoms with E-state index in [2.05, 4.69) is 28.6 Å². The standard InChI is InChI=1S/C18H32N4O7S3/c1-31-7-5-11(20-15(25)10(19)3-4-14(23)24)16(26)22-13(9-30)17(27)21-12(18(28)29)6-8-32-2/h10-13,30H,3-9,19H2,1-2H3,(H,20,25)(H,21,27)(H,22,26)(H,23,24)(H,28,29). The van der Waals surface area contributed by atoms with Gasteiger partial charge in [-0.3, -0.25) is 19.2 Å². The van der Waals surface area contributed by atoms with E-state index < -0.39 is 53.8 Å². The van der Waals surface area contributed by atoms with Crippen LogP contribution in [0.4, 0.5) is 0 Å². The molecule has 0 rings (SSSR count). The fraction of sp³-hybridized carbons (Fsp3) is 0.722. The number of carbonyl (C=O) groups is 5. The highest BCUT2D eigenvalue weighted by Crippen LogP contribution is 2.05. The number of carboxylic acid groups (broad SMARTS) is 2. The lowest BCUT2D eigenvalue weighted by molar-refractivity contribution is -0.142. The zero-order valence-corrected chi connectivity index (χ0v) is 20.6. The van der Waals surface area contributed by atoms with Gasteiger partial charge in [0.2, 0.25) is 17.7 Å². The first-order valence-electron chi connectivity index (χ1n) is 9.77. The van der Waals surface area contributed by atoms with Crippen molar-refractivity contribution in [1.82, 2.24) is 16.0 Å². The van der Waals surface area contributed by atoms with E-state index >= 15 is 0 Å². The summed E-state index contributed by atoms with van der Waals surface area (Å²) in [5, 5.41) is 25.4. The molecule has 0 radical (unpaired) electrons. The lowest BCUT2D eigenvalue weighted by Gasteiger charge is -2.24. The van der Waals surface area contributed by atoms with E-state index in [1.54, 1.807) is 0 Å². The van der Waals surface area contributed by atoms with E-state index in [-0.39, 0.29) is 31.4 Å². The highest BCUT2D eigenvalue weighted by molar-refractivity contribution is 7.98.